The highest BCUT2D eigenvalue weighted by Crippen LogP contribution is 2.19. The Balaban J connectivity index is 2.48. The molecule has 1 aromatic heterocycles. The summed E-state index contributed by atoms with van der Waals surface area (Å²) in [6.45, 7) is 0.335. The molecule has 1 aromatic carbocycles. The van der Waals surface area contributed by atoms with Crippen molar-refractivity contribution in [2.24, 2.45) is 11.5 Å². The third kappa shape index (κ3) is 2.30. The van der Waals surface area contributed by atoms with Crippen molar-refractivity contribution in [3.63, 3.8) is 0 Å². The van der Waals surface area contributed by atoms with Gasteiger partial charge >= 0.3 is 0 Å². The molecule has 0 saturated carbocycles. The number of hydrogen-bond acceptors (Lipinski definition) is 3. The van der Waals surface area contributed by atoms with Crippen LogP contribution in [0.5, 0.6) is 0 Å². The molecule has 4 N–H and O–H groups in total. The lowest BCUT2D eigenvalue weighted by Crippen LogP contribution is -2.09. The zero-order chi connectivity index (χ0) is 12.4. The van der Waals surface area contributed by atoms with Crippen molar-refractivity contribution in [1.82, 2.24) is 9.78 Å². The van der Waals surface area contributed by atoms with Gasteiger partial charge in [-0.1, -0.05) is 11.6 Å². The van der Waals surface area contributed by atoms with Gasteiger partial charge in [0.2, 0.25) is 0 Å². The van der Waals surface area contributed by atoms with Crippen LogP contribution in [0.2, 0.25) is 5.02 Å². The van der Waals surface area contributed by atoms with Crippen LogP contribution in [0, 0.1) is 0 Å². The Bertz CT molecular complexity index is 564. The zero-order valence-electron chi connectivity index (χ0n) is 8.93. The van der Waals surface area contributed by atoms with Crippen molar-refractivity contribution in [2.75, 3.05) is 0 Å². The Morgan fingerprint density at radius 2 is 2.24 bits per heavy atom. The number of carbonyl (C=O) groups excluding carboxylic acids is 1. The van der Waals surface area contributed by atoms with Crippen molar-refractivity contribution in [3.05, 3.63) is 46.7 Å². The predicted octanol–water partition coefficient (Wildman–Crippen LogP) is 1.08. The second-order valence-corrected chi connectivity index (χ2v) is 3.95. The molecule has 0 aliphatic carbocycles. The van der Waals surface area contributed by atoms with E-state index < -0.39 is 5.91 Å². The number of nitrogens with two attached hydrogens (primary N) is 2. The smallest absolute Gasteiger partial charge is 0.251 e. The fraction of sp³-hybridized carbons (Fsp3) is 0.0909. The molecule has 0 fully saturated rings. The number of amides is 1. The van der Waals surface area contributed by atoms with Gasteiger partial charge in [-0.15, -0.1) is 0 Å². The van der Waals surface area contributed by atoms with Crippen molar-refractivity contribution < 1.29 is 4.79 Å². The highest BCUT2D eigenvalue weighted by molar-refractivity contribution is 6.30. The lowest BCUT2D eigenvalue weighted by molar-refractivity contribution is 0.100. The van der Waals surface area contributed by atoms with E-state index >= 15 is 0 Å². The second-order valence-electron chi connectivity index (χ2n) is 3.51. The van der Waals surface area contributed by atoms with E-state index in [0.717, 1.165) is 11.3 Å². The first-order valence-corrected chi connectivity index (χ1v) is 5.33. The molecule has 1 amide bonds. The van der Waals surface area contributed by atoms with Crippen molar-refractivity contribution in [3.8, 4) is 5.69 Å². The van der Waals surface area contributed by atoms with Crippen molar-refractivity contribution in [1.29, 1.82) is 0 Å². The van der Waals surface area contributed by atoms with Gasteiger partial charge in [0.05, 0.1) is 17.4 Å². The molecule has 5 nitrogen and oxygen atoms in total. The third-order valence-electron chi connectivity index (χ3n) is 2.38. The third-order valence-corrected chi connectivity index (χ3v) is 2.61. The van der Waals surface area contributed by atoms with Crippen LogP contribution < -0.4 is 11.5 Å². The zero-order valence-corrected chi connectivity index (χ0v) is 9.69. The summed E-state index contributed by atoms with van der Waals surface area (Å²) < 4.78 is 1.55. The number of halogens is 1. The van der Waals surface area contributed by atoms with Crippen molar-refractivity contribution >= 4 is 17.5 Å². The van der Waals surface area contributed by atoms with Crippen LogP contribution in [0.3, 0.4) is 0 Å². The van der Waals surface area contributed by atoms with E-state index in [1.165, 1.54) is 6.20 Å². The first-order chi connectivity index (χ1) is 8.11. The van der Waals surface area contributed by atoms with Gasteiger partial charge in [-0.2, -0.15) is 5.10 Å². The fourth-order valence-corrected chi connectivity index (χ4v) is 1.72. The number of hydrogen-bond donors (Lipinski definition) is 2. The van der Waals surface area contributed by atoms with Gasteiger partial charge in [0.25, 0.3) is 5.91 Å². The van der Waals surface area contributed by atoms with Gasteiger partial charge in [-0.25, -0.2) is 4.68 Å². The molecule has 0 radical (unpaired) electrons. The number of rotatable bonds is 3. The molecule has 0 unspecified atom stereocenters. The summed E-state index contributed by atoms with van der Waals surface area (Å²) in [7, 11) is 0. The summed E-state index contributed by atoms with van der Waals surface area (Å²) in [6, 6.07) is 5.30. The Kier molecular flexibility index (Phi) is 3.12. The maximum Gasteiger partial charge on any atom is 0.251 e. The molecule has 2 aromatic rings. The predicted molar refractivity (Wildman–Crippen MR) is 65.0 cm³/mol. The van der Waals surface area contributed by atoms with Crippen LogP contribution in [0.4, 0.5) is 0 Å². The first-order valence-electron chi connectivity index (χ1n) is 4.95. The summed E-state index contributed by atoms with van der Waals surface area (Å²) >= 11 is 5.88. The average Bonchev–Trinajstić information content (AvgIpc) is 2.78. The molecule has 0 bridgehead atoms. The Morgan fingerprint density at radius 1 is 1.47 bits per heavy atom. The fourth-order valence-electron chi connectivity index (χ4n) is 1.52. The number of nitrogens with zero attached hydrogens (tertiary/aromatic N) is 2. The number of primary amides is 1. The molecule has 0 atom stereocenters. The van der Waals surface area contributed by atoms with Gasteiger partial charge in [-0.05, 0) is 23.8 Å². The van der Waals surface area contributed by atoms with E-state index in [-0.39, 0.29) is 0 Å². The monoisotopic (exact) mass is 250 g/mol. The first kappa shape index (κ1) is 11.6. The van der Waals surface area contributed by atoms with Crippen LogP contribution >= 0.6 is 11.6 Å². The van der Waals surface area contributed by atoms with E-state index in [2.05, 4.69) is 5.10 Å². The second kappa shape index (κ2) is 4.57. The highest BCUT2D eigenvalue weighted by atomic mass is 35.5. The SMILES string of the molecule is NCc1cc(Cl)ccc1-n1cc(C(N)=O)cn1. The van der Waals surface area contributed by atoms with E-state index in [4.69, 9.17) is 23.1 Å². The van der Waals surface area contributed by atoms with E-state index in [1.54, 1.807) is 29.1 Å². The number of aromatic nitrogens is 2. The summed E-state index contributed by atoms with van der Waals surface area (Å²) in [5.74, 6) is -0.514. The largest absolute Gasteiger partial charge is 0.366 e. The minimum absolute atomic E-state index is 0.335. The maximum atomic E-state index is 11.0. The van der Waals surface area contributed by atoms with E-state index in [9.17, 15) is 4.79 Å². The molecule has 17 heavy (non-hydrogen) atoms. The Morgan fingerprint density at radius 3 is 2.82 bits per heavy atom. The topological polar surface area (TPSA) is 86.9 Å². The van der Waals surface area contributed by atoms with Gasteiger partial charge < -0.3 is 11.5 Å². The van der Waals surface area contributed by atoms with Crippen LogP contribution in [0.1, 0.15) is 15.9 Å². The van der Waals surface area contributed by atoms with Gasteiger partial charge in [0.1, 0.15) is 0 Å². The molecule has 1 heterocycles. The molecular formula is C11H11ClN4O. The van der Waals surface area contributed by atoms with Crippen LogP contribution in [0.15, 0.2) is 30.6 Å². The van der Waals surface area contributed by atoms with Crippen molar-refractivity contribution in [2.45, 2.75) is 6.54 Å². The molecule has 0 aliphatic heterocycles. The molecule has 6 heteroatoms. The average molecular weight is 251 g/mol. The Labute approximate surface area is 103 Å². The lowest BCUT2D eigenvalue weighted by Gasteiger charge is -2.07. The normalized spacial score (nSPS) is 10.5. The van der Waals surface area contributed by atoms with Gasteiger partial charge in [-0.3, -0.25) is 4.79 Å². The van der Waals surface area contributed by atoms with Gasteiger partial charge in [0.15, 0.2) is 0 Å². The van der Waals surface area contributed by atoms with Crippen LogP contribution in [-0.2, 0) is 6.54 Å². The number of carbonyl (C=O) groups is 1. The summed E-state index contributed by atoms with van der Waals surface area (Å²) in [5.41, 5.74) is 12.8. The molecule has 88 valence electrons. The molecule has 0 aliphatic rings. The minimum Gasteiger partial charge on any atom is -0.366 e. The highest BCUT2D eigenvalue weighted by Gasteiger charge is 2.08. The van der Waals surface area contributed by atoms with E-state index in [0.29, 0.717) is 17.1 Å². The molecule has 2 rings (SSSR count). The summed E-state index contributed by atoms with van der Waals surface area (Å²) in [5, 5.41) is 4.67. The Hall–Kier alpha value is -1.85. The molecular weight excluding hydrogens is 240 g/mol. The standard InChI is InChI=1S/C11H11ClN4O/c12-9-1-2-10(7(3-9)4-13)16-6-8(5-15-16)11(14)17/h1-3,5-6H,4,13H2,(H2,14,17). The van der Waals surface area contributed by atoms with Crippen LogP contribution in [-0.4, -0.2) is 15.7 Å². The molecule has 0 saturated heterocycles. The summed E-state index contributed by atoms with van der Waals surface area (Å²) in [6.07, 6.45) is 2.97. The lowest BCUT2D eigenvalue weighted by atomic mass is 10.2. The van der Waals surface area contributed by atoms with E-state index in [1.807, 2.05) is 0 Å². The minimum atomic E-state index is -0.514. The van der Waals surface area contributed by atoms with Crippen LogP contribution in [0.25, 0.3) is 5.69 Å². The summed E-state index contributed by atoms with van der Waals surface area (Å²) in [4.78, 5) is 11.0. The van der Waals surface area contributed by atoms with Gasteiger partial charge in [0, 0.05) is 17.8 Å². The maximum absolute atomic E-state index is 11.0. The number of benzene rings is 1. The molecule has 0 spiro atoms. The quantitative estimate of drug-likeness (QED) is 0.855.